The highest BCUT2D eigenvalue weighted by Gasteiger charge is 2.07. The number of rotatable bonds is 4. The first kappa shape index (κ1) is 13.8. The van der Waals surface area contributed by atoms with Gasteiger partial charge in [-0.05, 0) is 19.1 Å². The Morgan fingerprint density at radius 2 is 2.00 bits per heavy atom. The zero-order valence-corrected chi connectivity index (χ0v) is 10.5. The van der Waals surface area contributed by atoms with Gasteiger partial charge in [0.1, 0.15) is 0 Å². The second kappa shape index (κ2) is 5.87. The molecule has 94 valence electrons. The van der Waals surface area contributed by atoms with Crippen molar-refractivity contribution in [1.82, 2.24) is 5.32 Å². The van der Waals surface area contributed by atoms with E-state index in [1.165, 1.54) is 24.5 Å². The monoisotopic (exact) mass is 263 g/mol. The van der Waals surface area contributed by atoms with Gasteiger partial charge in [0.05, 0.1) is 4.88 Å². The minimum Gasteiger partial charge on any atom is -0.381 e. The average Bonchev–Trinajstić information content (AvgIpc) is 2.79. The molecule has 0 bridgehead atoms. The molecule has 1 rings (SSSR count). The van der Waals surface area contributed by atoms with E-state index in [4.69, 9.17) is 22.0 Å². The number of carbonyl (C=O) groups excluding carboxylic acids is 1. The average molecular weight is 263 g/mol. The number of Topliss-reactive ketones (excluding diaryl/α,β-unsaturated/α-hetero) is 1. The van der Waals surface area contributed by atoms with Crippen molar-refractivity contribution in [2.24, 2.45) is 5.73 Å². The summed E-state index contributed by atoms with van der Waals surface area (Å²) in [5.41, 5.74) is 5.63. The molecular formula is C11H13N5OS. The third kappa shape index (κ3) is 3.36. The van der Waals surface area contributed by atoms with E-state index in [0.29, 0.717) is 10.5 Å². The normalized spacial score (nSPS) is 10.8. The molecule has 1 aromatic heterocycles. The first-order valence-corrected chi connectivity index (χ1v) is 5.78. The number of ketones is 1. The Labute approximate surface area is 108 Å². The van der Waals surface area contributed by atoms with Crippen LogP contribution in [0.2, 0.25) is 0 Å². The van der Waals surface area contributed by atoms with Crippen LogP contribution in [0.15, 0.2) is 18.3 Å². The topological polar surface area (TPSA) is 127 Å². The first-order valence-electron chi connectivity index (χ1n) is 4.97. The highest BCUT2D eigenvalue weighted by atomic mass is 32.1. The van der Waals surface area contributed by atoms with Crippen LogP contribution in [0.1, 0.15) is 21.5 Å². The lowest BCUT2D eigenvalue weighted by atomic mass is 10.2. The summed E-state index contributed by atoms with van der Waals surface area (Å²) in [5, 5.41) is 24.2. The van der Waals surface area contributed by atoms with Gasteiger partial charge in [0.2, 0.25) is 0 Å². The summed E-state index contributed by atoms with van der Waals surface area (Å²) in [5.74, 6) is -0.649. The minimum atomic E-state index is -0.383. The molecule has 7 heteroatoms. The number of nitrogens with one attached hydrogen (secondary N) is 4. The van der Waals surface area contributed by atoms with Crippen LogP contribution >= 0.6 is 11.3 Å². The molecule has 0 radical (unpaired) electrons. The Kier molecular flexibility index (Phi) is 4.50. The second-order valence-electron chi connectivity index (χ2n) is 3.40. The summed E-state index contributed by atoms with van der Waals surface area (Å²) in [6.07, 6.45) is 2.52. The van der Waals surface area contributed by atoms with Crippen molar-refractivity contribution in [3.05, 3.63) is 28.1 Å². The molecule has 0 amide bonds. The number of nitrogens with two attached hydrogens (primary N) is 1. The molecule has 0 saturated heterocycles. The maximum absolute atomic E-state index is 11.2. The van der Waals surface area contributed by atoms with E-state index < -0.39 is 0 Å². The van der Waals surface area contributed by atoms with Crippen molar-refractivity contribution in [2.75, 3.05) is 0 Å². The third-order valence-corrected chi connectivity index (χ3v) is 3.27. The van der Waals surface area contributed by atoms with Gasteiger partial charge in [-0.25, -0.2) is 0 Å². The number of thiophene rings is 1. The molecule has 6 nitrogen and oxygen atoms in total. The van der Waals surface area contributed by atoms with Crippen molar-refractivity contribution >= 4 is 40.6 Å². The van der Waals surface area contributed by atoms with Crippen molar-refractivity contribution < 1.29 is 4.79 Å². The number of hydrogen-bond acceptors (Lipinski definition) is 5. The zero-order chi connectivity index (χ0) is 13.7. The van der Waals surface area contributed by atoms with Gasteiger partial charge in [-0.3, -0.25) is 15.6 Å². The van der Waals surface area contributed by atoms with Crippen LogP contribution in [0.3, 0.4) is 0 Å². The largest absolute Gasteiger partial charge is 0.381 e. The Balaban J connectivity index is 2.91. The molecule has 0 atom stereocenters. The predicted octanol–water partition coefficient (Wildman–Crippen LogP) is 1.44. The summed E-state index contributed by atoms with van der Waals surface area (Å²) >= 11 is 1.27. The molecule has 0 saturated carbocycles. The standard InChI is InChI=1S/C11H13N5OS/c1-6(17)8-2-3-9(18-8)7(4-12)5-16-11(15)10(13)14/h2-5,12H,1H3,(H3,13,14)(H2,15,16)/b7-5+,12-4?. The second-order valence-corrected chi connectivity index (χ2v) is 4.48. The Morgan fingerprint density at radius 1 is 1.39 bits per heavy atom. The highest BCUT2D eigenvalue weighted by molar-refractivity contribution is 7.15. The first-order chi connectivity index (χ1) is 8.45. The Bertz CT molecular complexity index is 543. The molecule has 1 heterocycles. The fourth-order valence-electron chi connectivity index (χ4n) is 1.09. The van der Waals surface area contributed by atoms with E-state index in [-0.39, 0.29) is 17.5 Å². The molecule has 6 N–H and O–H groups in total. The molecule has 0 aliphatic carbocycles. The van der Waals surface area contributed by atoms with Gasteiger partial charge in [-0.1, -0.05) is 0 Å². The molecule has 0 fully saturated rings. The van der Waals surface area contributed by atoms with Crippen molar-refractivity contribution in [1.29, 1.82) is 16.2 Å². The fraction of sp³-hybridized carbons (Fsp3) is 0.0909. The number of hydrogen-bond donors (Lipinski definition) is 5. The molecule has 1 aromatic rings. The zero-order valence-electron chi connectivity index (χ0n) is 9.70. The molecular weight excluding hydrogens is 250 g/mol. The van der Waals surface area contributed by atoms with Gasteiger partial charge < -0.3 is 16.5 Å². The van der Waals surface area contributed by atoms with Crippen LogP contribution in [0.25, 0.3) is 5.57 Å². The Morgan fingerprint density at radius 3 is 2.44 bits per heavy atom. The van der Waals surface area contributed by atoms with Crippen LogP contribution in [0, 0.1) is 16.2 Å². The van der Waals surface area contributed by atoms with Gasteiger partial charge in [-0.2, -0.15) is 0 Å². The summed E-state index contributed by atoms with van der Waals surface area (Å²) in [4.78, 5) is 12.5. The Hall–Kier alpha value is -2.28. The quantitative estimate of drug-likeness (QED) is 0.320. The number of carbonyl (C=O) groups is 1. The summed E-state index contributed by atoms with van der Waals surface area (Å²) in [7, 11) is 0. The summed E-state index contributed by atoms with van der Waals surface area (Å²) in [6, 6.07) is 3.42. The van der Waals surface area contributed by atoms with Crippen molar-refractivity contribution in [3.63, 3.8) is 0 Å². The minimum absolute atomic E-state index is 0.0278. The van der Waals surface area contributed by atoms with Gasteiger partial charge in [0.25, 0.3) is 0 Å². The van der Waals surface area contributed by atoms with E-state index in [2.05, 4.69) is 5.32 Å². The third-order valence-electron chi connectivity index (χ3n) is 2.03. The van der Waals surface area contributed by atoms with E-state index in [0.717, 1.165) is 11.1 Å². The number of allylic oxidation sites excluding steroid dienone is 1. The van der Waals surface area contributed by atoms with Gasteiger partial charge >= 0.3 is 0 Å². The van der Waals surface area contributed by atoms with Crippen LogP contribution in [-0.4, -0.2) is 23.7 Å². The van der Waals surface area contributed by atoms with Gasteiger partial charge in [-0.15, -0.1) is 11.3 Å². The van der Waals surface area contributed by atoms with Crippen LogP contribution in [-0.2, 0) is 0 Å². The summed E-state index contributed by atoms with van der Waals surface area (Å²) in [6.45, 7) is 1.48. The van der Waals surface area contributed by atoms with E-state index in [9.17, 15) is 4.79 Å². The highest BCUT2D eigenvalue weighted by Crippen LogP contribution is 2.23. The van der Waals surface area contributed by atoms with E-state index in [1.54, 1.807) is 12.1 Å². The van der Waals surface area contributed by atoms with Crippen LogP contribution in [0.5, 0.6) is 0 Å². The lowest BCUT2D eigenvalue weighted by Gasteiger charge is -2.02. The molecule has 0 spiro atoms. The van der Waals surface area contributed by atoms with Crippen LogP contribution < -0.4 is 11.1 Å². The lowest BCUT2D eigenvalue weighted by Crippen LogP contribution is -2.31. The molecule has 0 aromatic carbocycles. The predicted molar refractivity (Wildman–Crippen MR) is 73.9 cm³/mol. The molecule has 18 heavy (non-hydrogen) atoms. The molecule has 0 aliphatic rings. The van der Waals surface area contributed by atoms with Crippen LogP contribution in [0.4, 0.5) is 0 Å². The molecule has 0 aliphatic heterocycles. The van der Waals surface area contributed by atoms with E-state index in [1.807, 2.05) is 0 Å². The molecule has 0 unspecified atom stereocenters. The maximum atomic E-state index is 11.2. The number of amidine groups is 2. The maximum Gasteiger partial charge on any atom is 0.169 e. The van der Waals surface area contributed by atoms with Crippen molar-refractivity contribution in [2.45, 2.75) is 6.92 Å². The summed E-state index contributed by atoms with van der Waals surface area (Å²) < 4.78 is 0. The lowest BCUT2D eigenvalue weighted by molar-refractivity contribution is 0.102. The van der Waals surface area contributed by atoms with Gasteiger partial charge in [0, 0.05) is 22.9 Å². The smallest absolute Gasteiger partial charge is 0.169 e. The van der Waals surface area contributed by atoms with Gasteiger partial charge in [0.15, 0.2) is 17.5 Å². The SMILES string of the molecule is CC(=O)c1ccc(/C(C=N)=C/NC(=N)C(=N)N)s1. The fourth-order valence-corrected chi connectivity index (χ4v) is 1.98. The van der Waals surface area contributed by atoms with E-state index >= 15 is 0 Å². The van der Waals surface area contributed by atoms with Crippen molar-refractivity contribution in [3.8, 4) is 0 Å².